The van der Waals surface area contributed by atoms with Crippen LogP contribution < -0.4 is 9.62 Å². The molecule has 0 atom stereocenters. The number of hydrogen-bond acceptors (Lipinski definition) is 5. The van der Waals surface area contributed by atoms with Crippen molar-refractivity contribution in [2.75, 3.05) is 22.4 Å². The van der Waals surface area contributed by atoms with Crippen molar-refractivity contribution >= 4 is 50.6 Å². The summed E-state index contributed by atoms with van der Waals surface area (Å²) < 4.78 is 29.7. The normalized spacial score (nSPS) is 11.3. The summed E-state index contributed by atoms with van der Waals surface area (Å²) >= 11 is 11.9. The summed E-state index contributed by atoms with van der Waals surface area (Å²) in [6, 6.07) is 6.32. The van der Waals surface area contributed by atoms with Gasteiger partial charge >= 0.3 is 0 Å². The van der Waals surface area contributed by atoms with Gasteiger partial charge < -0.3 is 9.84 Å². The number of aryl methyl sites for hydroxylation is 1. The number of nitrogens with one attached hydrogen (secondary N) is 1. The maximum Gasteiger partial charge on any atom is 0.233 e. The number of nitrogens with zero attached hydrogens (tertiary/aromatic N) is 2. The van der Waals surface area contributed by atoms with Gasteiger partial charge in [0.15, 0.2) is 5.82 Å². The number of carbonyl (C=O) groups is 1. The lowest BCUT2D eigenvalue weighted by Crippen LogP contribution is -2.33. The topological polar surface area (TPSA) is 92.5 Å². The number of rotatable bonds is 6. The number of hydrogen-bond donors (Lipinski definition) is 1. The Bertz CT molecular complexity index is 851. The van der Waals surface area contributed by atoms with E-state index in [-0.39, 0.29) is 23.8 Å². The molecule has 1 aromatic heterocycles. The van der Waals surface area contributed by atoms with Crippen LogP contribution in [0.1, 0.15) is 12.2 Å². The number of benzene rings is 1. The first-order valence-corrected chi connectivity index (χ1v) is 9.44. The van der Waals surface area contributed by atoms with Crippen LogP contribution in [0.2, 0.25) is 10.0 Å². The fourth-order valence-electron chi connectivity index (χ4n) is 1.94. The second-order valence-electron chi connectivity index (χ2n) is 5.03. The summed E-state index contributed by atoms with van der Waals surface area (Å²) in [6.45, 7) is 1.56. The molecule has 10 heteroatoms. The van der Waals surface area contributed by atoms with Gasteiger partial charge in [0, 0.05) is 19.0 Å². The van der Waals surface area contributed by atoms with Crippen molar-refractivity contribution in [2.24, 2.45) is 0 Å². The molecule has 24 heavy (non-hydrogen) atoms. The monoisotopic (exact) mass is 391 g/mol. The minimum absolute atomic E-state index is 0.0885. The van der Waals surface area contributed by atoms with E-state index in [2.05, 4.69) is 10.5 Å². The van der Waals surface area contributed by atoms with Gasteiger partial charge in [-0.25, -0.2) is 8.42 Å². The number of aromatic nitrogens is 1. The zero-order valence-corrected chi connectivity index (χ0v) is 15.2. The molecular formula is C14H15Cl2N3O4S. The van der Waals surface area contributed by atoms with E-state index < -0.39 is 15.9 Å². The Morgan fingerprint density at radius 3 is 2.67 bits per heavy atom. The summed E-state index contributed by atoms with van der Waals surface area (Å²) in [5.41, 5.74) is 0.359. The van der Waals surface area contributed by atoms with Crippen molar-refractivity contribution in [3.8, 4) is 0 Å². The molecule has 0 saturated heterocycles. The zero-order chi connectivity index (χ0) is 17.9. The fourth-order valence-corrected chi connectivity index (χ4v) is 3.13. The molecule has 0 fully saturated rings. The van der Waals surface area contributed by atoms with Gasteiger partial charge in [0.1, 0.15) is 5.76 Å². The van der Waals surface area contributed by atoms with Gasteiger partial charge in [-0.15, -0.1) is 0 Å². The lowest BCUT2D eigenvalue weighted by molar-refractivity contribution is -0.116. The van der Waals surface area contributed by atoms with Gasteiger partial charge in [-0.2, -0.15) is 0 Å². The Morgan fingerprint density at radius 1 is 1.38 bits per heavy atom. The third kappa shape index (κ3) is 4.62. The van der Waals surface area contributed by atoms with E-state index in [0.29, 0.717) is 16.5 Å². The molecule has 1 heterocycles. The Balaban J connectivity index is 2.07. The zero-order valence-electron chi connectivity index (χ0n) is 12.9. The minimum Gasteiger partial charge on any atom is -0.360 e. The molecule has 2 aromatic rings. The smallest absolute Gasteiger partial charge is 0.233 e. The van der Waals surface area contributed by atoms with Crippen molar-refractivity contribution in [3.63, 3.8) is 0 Å². The third-order valence-electron chi connectivity index (χ3n) is 3.04. The molecule has 0 aliphatic rings. The van der Waals surface area contributed by atoms with Crippen molar-refractivity contribution < 1.29 is 17.7 Å². The average Bonchev–Trinajstić information content (AvgIpc) is 2.89. The van der Waals surface area contributed by atoms with Crippen LogP contribution in [0, 0.1) is 6.92 Å². The first kappa shape index (κ1) is 18.6. The van der Waals surface area contributed by atoms with E-state index in [1.54, 1.807) is 25.1 Å². The summed E-state index contributed by atoms with van der Waals surface area (Å²) in [5.74, 6) is 0.186. The Hall–Kier alpha value is -1.77. The van der Waals surface area contributed by atoms with E-state index in [1.165, 1.54) is 6.07 Å². The van der Waals surface area contributed by atoms with Crippen LogP contribution in [0.15, 0.2) is 28.8 Å². The van der Waals surface area contributed by atoms with Crippen LogP contribution in [-0.2, 0) is 14.8 Å². The highest BCUT2D eigenvalue weighted by Gasteiger charge is 2.22. The van der Waals surface area contributed by atoms with E-state index in [1.807, 2.05) is 0 Å². The molecule has 0 spiro atoms. The first-order chi connectivity index (χ1) is 11.2. The van der Waals surface area contributed by atoms with E-state index in [9.17, 15) is 13.2 Å². The van der Waals surface area contributed by atoms with Crippen molar-refractivity contribution in [3.05, 3.63) is 40.1 Å². The molecule has 0 radical (unpaired) electrons. The van der Waals surface area contributed by atoms with Crippen LogP contribution in [0.3, 0.4) is 0 Å². The van der Waals surface area contributed by atoms with Gasteiger partial charge in [0.25, 0.3) is 0 Å². The maximum absolute atomic E-state index is 12.1. The molecule has 7 nitrogen and oxygen atoms in total. The predicted octanol–water partition coefficient (Wildman–Crippen LogP) is 3.08. The summed E-state index contributed by atoms with van der Waals surface area (Å²) in [4.78, 5) is 12.1. The number of amides is 1. The number of anilines is 2. The summed E-state index contributed by atoms with van der Waals surface area (Å²) in [6.07, 6.45) is 0.935. The van der Waals surface area contributed by atoms with Crippen LogP contribution in [0.5, 0.6) is 0 Å². The van der Waals surface area contributed by atoms with Crippen molar-refractivity contribution in [1.29, 1.82) is 0 Å². The van der Waals surface area contributed by atoms with Crippen molar-refractivity contribution in [2.45, 2.75) is 13.3 Å². The van der Waals surface area contributed by atoms with E-state index in [4.69, 9.17) is 27.7 Å². The highest BCUT2D eigenvalue weighted by Crippen LogP contribution is 2.29. The summed E-state index contributed by atoms with van der Waals surface area (Å²) in [7, 11) is -3.60. The van der Waals surface area contributed by atoms with Gasteiger partial charge in [-0.05, 0) is 19.1 Å². The first-order valence-electron chi connectivity index (χ1n) is 6.83. The molecule has 1 aromatic carbocycles. The molecule has 0 aliphatic heterocycles. The van der Waals surface area contributed by atoms with Crippen molar-refractivity contribution in [1.82, 2.24) is 5.16 Å². The Kier molecular flexibility index (Phi) is 5.74. The SMILES string of the molecule is Cc1cc(N(CCC(=O)Nc2cccc(Cl)c2Cl)S(C)(=O)=O)no1. The van der Waals surface area contributed by atoms with Crippen LogP contribution in [0.25, 0.3) is 0 Å². The van der Waals surface area contributed by atoms with Gasteiger partial charge in [0.2, 0.25) is 15.9 Å². The second kappa shape index (κ2) is 7.42. The van der Waals surface area contributed by atoms with Crippen LogP contribution in [0.4, 0.5) is 11.5 Å². The standard InChI is InChI=1S/C14H15Cl2N3O4S/c1-9-8-12(18-23-9)19(24(2,21)22)7-6-13(20)17-11-5-3-4-10(15)14(11)16/h3-5,8H,6-7H2,1-2H3,(H,17,20). The molecule has 1 amide bonds. The largest absolute Gasteiger partial charge is 0.360 e. The number of halogens is 2. The van der Waals surface area contributed by atoms with Gasteiger partial charge in [-0.1, -0.05) is 34.4 Å². The number of sulfonamides is 1. The summed E-state index contributed by atoms with van der Waals surface area (Å²) in [5, 5.41) is 6.80. The molecular weight excluding hydrogens is 377 g/mol. The van der Waals surface area contributed by atoms with Gasteiger partial charge in [-0.3, -0.25) is 9.10 Å². The number of carbonyl (C=O) groups excluding carboxylic acids is 1. The Labute approximate surface area is 149 Å². The molecule has 0 aliphatic carbocycles. The predicted molar refractivity (Wildman–Crippen MR) is 93.1 cm³/mol. The van der Waals surface area contributed by atoms with E-state index in [0.717, 1.165) is 10.6 Å². The highest BCUT2D eigenvalue weighted by atomic mass is 35.5. The molecule has 1 N–H and O–H groups in total. The molecule has 2 rings (SSSR count). The lowest BCUT2D eigenvalue weighted by atomic mass is 10.3. The molecule has 0 saturated carbocycles. The molecule has 0 bridgehead atoms. The maximum atomic E-state index is 12.1. The average molecular weight is 392 g/mol. The highest BCUT2D eigenvalue weighted by molar-refractivity contribution is 7.92. The quantitative estimate of drug-likeness (QED) is 0.816. The van der Waals surface area contributed by atoms with Crippen LogP contribution in [-0.4, -0.2) is 32.3 Å². The Morgan fingerprint density at radius 2 is 2.08 bits per heavy atom. The third-order valence-corrected chi connectivity index (χ3v) is 5.03. The van der Waals surface area contributed by atoms with Crippen LogP contribution >= 0.6 is 23.2 Å². The molecule has 130 valence electrons. The molecule has 0 unspecified atom stereocenters. The van der Waals surface area contributed by atoms with Gasteiger partial charge in [0.05, 0.1) is 22.0 Å². The fraction of sp³-hybridized carbons (Fsp3) is 0.286. The minimum atomic E-state index is -3.60. The van der Waals surface area contributed by atoms with E-state index >= 15 is 0 Å². The lowest BCUT2D eigenvalue weighted by Gasteiger charge is -2.18. The second-order valence-corrected chi connectivity index (χ2v) is 7.72.